The molecule has 1 saturated heterocycles. The van der Waals surface area contributed by atoms with Gasteiger partial charge >= 0.3 is 0 Å². The highest BCUT2D eigenvalue weighted by Crippen LogP contribution is 2.26. The number of ether oxygens (including phenoxy) is 1. The van der Waals surface area contributed by atoms with Crippen molar-refractivity contribution in [3.63, 3.8) is 0 Å². The highest BCUT2D eigenvalue weighted by atomic mass is 32.1. The summed E-state index contributed by atoms with van der Waals surface area (Å²) in [6.45, 7) is 5.22. The Morgan fingerprint density at radius 1 is 1.28 bits per heavy atom. The van der Waals surface area contributed by atoms with E-state index >= 15 is 0 Å². The minimum atomic E-state index is 0.413. The molecule has 25 heavy (non-hydrogen) atoms. The number of nitrogens with one attached hydrogen (secondary N) is 1. The third-order valence-electron chi connectivity index (χ3n) is 3.97. The fourth-order valence-electron chi connectivity index (χ4n) is 2.63. The van der Waals surface area contributed by atoms with Gasteiger partial charge in [-0.25, -0.2) is 9.97 Å². The highest BCUT2D eigenvalue weighted by Gasteiger charge is 2.16. The molecule has 3 aromatic rings. The summed E-state index contributed by atoms with van der Waals surface area (Å²) >= 11 is 1.59. The lowest BCUT2D eigenvalue weighted by Gasteiger charge is -2.26. The second-order valence-corrected chi connectivity index (χ2v) is 6.38. The van der Waals surface area contributed by atoms with Crippen LogP contribution in [0.2, 0.25) is 0 Å². The Kier molecular flexibility index (Phi) is 4.96. The van der Waals surface area contributed by atoms with Gasteiger partial charge in [0.15, 0.2) is 0 Å². The molecule has 0 radical (unpaired) electrons. The highest BCUT2D eigenvalue weighted by molar-refractivity contribution is 7.08. The molecular formula is C16H18N6O2S. The molecule has 0 amide bonds. The van der Waals surface area contributed by atoms with Gasteiger partial charge in [0.2, 0.25) is 5.82 Å². The van der Waals surface area contributed by atoms with Gasteiger partial charge < -0.3 is 14.6 Å². The van der Waals surface area contributed by atoms with Gasteiger partial charge in [-0.3, -0.25) is 4.90 Å². The predicted molar refractivity (Wildman–Crippen MR) is 94.4 cm³/mol. The second-order valence-electron chi connectivity index (χ2n) is 5.60. The van der Waals surface area contributed by atoms with Crippen LogP contribution in [-0.4, -0.2) is 64.4 Å². The monoisotopic (exact) mass is 358 g/mol. The average molecular weight is 358 g/mol. The van der Waals surface area contributed by atoms with E-state index in [2.05, 4.69) is 30.3 Å². The smallest absolute Gasteiger partial charge is 0.263 e. The fourth-order valence-corrected chi connectivity index (χ4v) is 3.26. The van der Waals surface area contributed by atoms with Crippen LogP contribution in [0.1, 0.15) is 0 Å². The molecule has 3 aromatic heterocycles. The van der Waals surface area contributed by atoms with Gasteiger partial charge in [0.1, 0.15) is 17.7 Å². The lowest BCUT2D eigenvalue weighted by atomic mass is 10.3. The number of anilines is 1. The van der Waals surface area contributed by atoms with Gasteiger partial charge in [0.05, 0.1) is 13.2 Å². The molecule has 0 spiro atoms. The van der Waals surface area contributed by atoms with E-state index in [0.717, 1.165) is 45.0 Å². The first-order chi connectivity index (χ1) is 12.4. The van der Waals surface area contributed by atoms with Gasteiger partial charge in [0, 0.05) is 43.3 Å². The quantitative estimate of drug-likeness (QED) is 0.716. The minimum absolute atomic E-state index is 0.413. The average Bonchev–Trinajstić information content (AvgIpc) is 3.35. The zero-order valence-corrected chi connectivity index (χ0v) is 14.4. The summed E-state index contributed by atoms with van der Waals surface area (Å²) in [6, 6.07) is 1.96. The van der Waals surface area contributed by atoms with Crippen molar-refractivity contribution in [1.29, 1.82) is 0 Å². The minimum Gasteiger partial charge on any atom is -0.379 e. The van der Waals surface area contributed by atoms with Crippen molar-refractivity contribution in [2.45, 2.75) is 0 Å². The third-order valence-corrected chi connectivity index (χ3v) is 4.66. The molecule has 1 aliphatic heterocycles. The largest absolute Gasteiger partial charge is 0.379 e. The first kappa shape index (κ1) is 16.1. The Labute approximate surface area is 148 Å². The van der Waals surface area contributed by atoms with Crippen molar-refractivity contribution in [3.05, 3.63) is 29.4 Å². The molecule has 0 atom stereocenters. The molecule has 1 fully saturated rings. The topological polar surface area (TPSA) is 89.2 Å². The first-order valence-corrected chi connectivity index (χ1v) is 9.05. The molecule has 0 aromatic carbocycles. The molecule has 0 bridgehead atoms. The third kappa shape index (κ3) is 3.84. The van der Waals surface area contributed by atoms with Crippen molar-refractivity contribution in [1.82, 2.24) is 25.0 Å². The number of thiophene rings is 1. The van der Waals surface area contributed by atoms with Crippen LogP contribution in [0.5, 0.6) is 0 Å². The Morgan fingerprint density at radius 3 is 3.04 bits per heavy atom. The van der Waals surface area contributed by atoms with Gasteiger partial charge in [-0.05, 0) is 11.4 Å². The number of morpholine rings is 1. The summed E-state index contributed by atoms with van der Waals surface area (Å²) < 4.78 is 10.8. The first-order valence-electron chi connectivity index (χ1n) is 8.11. The maximum Gasteiger partial charge on any atom is 0.263 e. The van der Waals surface area contributed by atoms with E-state index in [4.69, 9.17) is 9.26 Å². The molecular weight excluding hydrogens is 340 g/mol. The lowest BCUT2D eigenvalue weighted by molar-refractivity contribution is 0.0398. The van der Waals surface area contributed by atoms with E-state index in [1.807, 2.05) is 16.8 Å². The van der Waals surface area contributed by atoms with Crippen molar-refractivity contribution >= 4 is 17.2 Å². The van der Waals surface area contributed by atoms with Gasteiger partial charge in [0.25, 0.3) is 5.89 Å². The van der Waals surface area contributed by atoms with E-state index in [-0.39, 0.29) is 0 Å². The van der Waals surface area contributed by atoms with Gasteiger partial charge in [-0.15, -0.1) is 0 Å². The van der Waals surface area contributed by atoms with E-state index in [1.165, 1.54) is 6.33 Å². The number of aromatic nitrogens is 4. The lowest BCUT2D eigenvalue weighted by Crippen LogP contribution is -2.39. The molecule has 4 rings (SSSR count). The van der Waals surface area contributed by atoms with Crippen LogP contribution in [0.4, 0.5) is 5.82 Å². The Hall–Kier alpha value is -2.36. The van der Waals surface area contributed by atoms with Crippen molar-refractivity contribution in [2.24, 2.45) is 0 Å². The standard InChI is InChI=1S/C16H18N6O2S/c1-8-25-10-12(1)14-20-16(24-21-14)13-9-17-11-19-15(13)18-2-3-22-4-6-23-7-5-22/h1,8-11H,2-7H2,(H,17,18,19). The number of hydrogen-bond acceptors (Lipinski definition) is 9. The summed E-state index contributed by atoms with van der Waals surface area (Å²) in [6.07, 6.45) is 3.20. The number of rotatable bonds is 6. The fraction of sp³-hybridized carbons (Fsp3) is 0.375. The Balaban J connectivity index is 1.45. The maximum atomic E-state index is 5.41. The van der Waals surface area contributed by atoms with E-state index in [1.54, 1.807) is 17.5 Å². The van der Waals surface area contributed by atoms with Crippen molar-refractivity contribution in [2.75, 3.05) is 44.7 Å². The molecule has 0 saturated carbocycles. The Morgan fingerprint density at radius 2 is 2.20 bits per heavy atom. The maximum absolute atomic E-state index is 5.41. The van der Waals surface area contributed by atoms with E-state index in [0.29, 0.717) is 23.1 Å². The van der Waals surface area contributed by atoms with Crippen LogP contribution >= 0.6 is 11.3 Å². The van der Waals surface area contributed by atoms with E-state index < -0.39 is 0 Å². The molecule has 130 valence electrons. The van der Waals surface area contributed by atoms with Crippen LogP contribution in [0, 0.1) is 0 Å². The van der Waals surface area contributed by atoms with Gasteiger partial charge in [-0.2, -0.15) is 16.3 Å². The molecule has 0 aliphatic carbocycles. The normalized spacial score (nSPS) is 15.4. The van der Waals surface area contributed by atoms with Crippen LogP contribution < -0.4 is 5.32 Å². The van der Waals surface area contributed by atoms with Gasteiger partial charge in [-0.1, -0.05) is 5.16 Å². The summed E-state index contributed by atoms with van der Waals surface area (Å²) in [5, 5.41) is 11.4. The van der Waals surface area contributed by atoms with Crippen LogP contribution in [0.25, 0.3) is 22.8 Å². The zero-order chi connectivity index (χ0) is 16.9. The molecule has 4 heterocycles. The molecule has 0 unspecified atom stereocenters. The SMILES string of the molecule is c1ncc(-c2nc(-c3ccsc3)no2)c(NCCN2CCOCC2)n1. The zero-order valence-electron chi connectivity index (χ0n) is 13.6. The predicted octanol–water partition coefficient (Wildman–Crippen LogP) is 2.00. The number of hydrogen-bond donors (Lipinski definition) is 1. The second kappa shape index (κ2) is 7.68. The summed E-state index contributed by atoms with van der Waals surface area (Å²) in [7, 11) is 0. The summed E-state index contributed by atoms with van der Waals surface area (Å²) in [5.74, 6) is 1.68. The molecule has 8 nitrogen and oxygen atoms in total. The summed E-state index contributed by atoms with van der Waals surface area (Å²) in [4.78, 5) is 15.2. The van der Waals surface area contributed by atoms with Crippen molar-refractivity contribution < 1.29 is 9.26 Å². The van der Waals surface area contributed by atoms with Crippen molar-refractivity contribution in [3.8, 4) is 22.8 Å². The summed E-state index contributed by atoms with van der Waals surface area (Å²) in [5.41, 5.74) is 1.65. The number of nitrogens with zero attached hydrogens (tertiary/aromatic N) is 5. The van der Waals surface area contributed by atoms with Crippen LogP contribution in [0.3, 0.4) is 0 Å². The molecule has 9 heteroatoms. The van der Waals surface area contributed by atoms with E-state index in [9.17, 15) is 0 Å². The van der Waals surface area contributed by atoms with Crippen LogP contribution in [0.15, 0.2) is 33.9 Å². The molecule has 1 aliphatic rings. The molecule has 1 N–H and O–H groups in total. The Bertz CT molecular complexity index is 801. The van der Waals surface area contributed by atoms with Crippen LogP contribution in [-0.2, 0) is 4.74 Å².